The van der Waals surface area contributed by atoms with E-state index < -0.39 is 0 Å². The van der Waals surface area contributed by atoms with Gasteiger partial charge in [0.15, 0.2) is 0 Å². The minimum absolute atomic E-state index is 0.850. The molecule has 160 valence electrons. The van der Waals surface area contributed by atoms with Crippen molar-refractivity contribution in [3.8, 4) is 44.7 Å². The molecule has 0 unspecified atom stereocenters. The average molecular weight is 436 g/mol. The molecule has 0 aliphatic heterocycles. The zero-order valence-corrected chi connectivity index (χ0v) is 18.7. The van der Waals surface area contributed by atoms with E-state index >= 15 is 0 Å². The number of hydrogen-bond acceptors (Lipinski definition) is 0. The fourth-order valence-electron chi connectivity index (χ4n) is 4.57. The van der Waals surface area contributed by atoms with Gasteiger partial charge in [-0.1, -0.05) is 115 Å². The van der Waals surface area contributed by atoms with Crippen molar-refractivity contribution in [3.63, 3.8) is 0 Å². The van der Waals surface area contributed by atoms with Crippen LogP contribution < -0.4 is 0 Å². The zero-order valence-electron chi connectivity index (χ0n) is 18.7. The van der Waals surface area contributed by atoms with Crippen LogP contribution in [0.25, 0.3) is 55.5 Å². The van der Waals surface area contributed by atoms with Crippen LogP contribution in [-0.2, 0) is 0 Å². The third-order valence-corrected chi connectivity index (χ3v) is 6.31. The maximum Gasteiger partial charge on any atom is 0.360 e. The smallest absolute Gasteiger partial charge is 0.215 e. The molecular formula is C33H23O+. The van der Waals surface area contributed by atoms with Gasteiger partial charge in [0.05, 0.1) is 17.2 Å². The highest BCUT2D eigenvalue weighted by Crippen LogP contribution is 2.36. The van der Waals surface area contributed by atoms with E-state index in [1.54, 1.807) is 0 Å². The Morgan fingerprint density at radius 2 is 0.941 bits per heavy atom. The van der Waals surface area contributed by atoms with Crippen molar-refractivity contribution in [2.45, 2.75) is 0 Å². The molecule has 0 saturated carbocycles. The second-order valence-corrected chi connectivity index (χ2v) is 8.41. The number of fused-ring (bicyclic) bond motifs is 1. The first kappa shape index (κ1) is 20.1. The lowest BCUT2D eigenvalue weighted by Crippen LogP contribution is -1.88. The summed E-state index contributed by atoms with van der Waals surface area (Å²) in [5, 5.41) is 2.52. The van der Waals surface area contributed by atoms with Gasteiger partial charge in [-0.3, -0.25) is 0 Å². The summed E-state index contributed by atoms with van der Waals surface area (Å²) >= 11 is 0. The normalized spacial score (nSPS) is 10.9. The van der Waals surface area contributed by atoms with Crippen LogP contribution in [0, 0.1) is 0 Å². The largest absolute Gasteiger partial charge is 0.360 e. The van der Waals surface area contributed by atoms with Crippen LogP contribution in [0.1, 0.15) is 0 Å². The van der Waals surface area contributed by atoms with E-state index in [0.29, 0.717) is 0 Å². The molecule has 1 heteroatoms. The molecule has 0 N–H and O–H groups in total. The van der Waals surface area contributed by atoms with Crippen LogP contribution in [0.4, 0.5) is 0 Å². The SMILES string of the molecule is c1ccc(-c2c[o+]c(-c3ccc(-c4cccc5ccccc45)cc3)cc2-c2ccccc2)cc1. The molecule has 6 rings (SSSR count). The van der Waals surface area contributed by atoms with Gasteiger partial charge in [-0.15, -0.1) is 0 Å². The van der Waals surface area contributed by atoms with Crippen molar-refractivity contribution in [2.75, 3.05) is 0 Å². The molecule has 5 aromatic carbocycles. The van der Waals surface area contributed by atoms with Crippen LogP contribution >= 0.6 is 0 Å². The molecule has 0 amide bonds. The second-order valence-electron chi connectivity index (χ2n) is 8.41. The average Bonchev–Trinajstić information content (AvgIpc) is 2.93. The molecule has 0 spiro atoms. The summed E-state index contributed by atoms with van der Waals surface area (Å²) in [5.74, 6) is 0.850. The zero-order chi connectivity index (χ0) is 22.7. The summed E-state index contributed by atoms with van der Waals surface area (Å²) in [6.45, 7) is 0. The van der Waals surface area contributed by atoms with E-state index in [1.807, 2.05) is 18.4 Å². The first-order chi connectivity index (χ1) is 16.9. The molecule has 0 atom stereocenters. The molecule has 0 aliphatic rings. The van der Waals surface area contributed by atoms with Crippen molar-refractivity contribution in [2.24, 2.45) is 0 Å². The Morgan fingerprint density at radius 1 is 0.382 bits per heavy atom. The highest BCUT2D eigenvalue weighted by molar-refractivity contribution is 5.96. The van der Waals surface area contributed by atoms with Gasteiger partial charge in [0.1, 0.15) is 0 Å². The summed E-state index contributed by atoms with van der Waals surface area (Å²) in [5.41, 5.74) is 8.05. The fraction of sp³-hybridized carbons (Fsp3) is 0. The standard InChI is InChI=1S/C33H23O/c1-3-10-25(11-4-1)31-22-33(34-23-32(31)26-12-5-2-6-13-26)28-20-18-27(19-21-28)30-17-9-15-24-14-7-8-16-29(24)30/h1-23H/q+1. The fourth-order valence-corrected chi connectivity index (χ4v) is 4.57. The predicted octanol–water partition coefficient (Wildman–Crippen LogP) is 9.38. The summed E-state index contributed by atoms with van der Waals surface area (Å²) in [7, 11) is 0. The van der Waals surface area contributed by atoms with Crippen LogP contribution in [0.15, 0.2) is 144 Å². The van der Waals surface area contributed by atoms with Gasteiger partial charge in [-0.25, -0.2) is 4.42 Å². The van der Waals surface area contributed by atoms with Gasteiger partial charge in [-0.2, -0.15) is 0 Å². The highest BCUT2D eigenvalue weighted by atomic mass is 16.3. The molecule has 1 heterocycles. The molecule has 0 aliphatic carbocycles. The molecule has 1 aromatic heterocycles. The Labute approximate surface area is 199 Å². The Balaban J connectivity index is 1.43. The third kappa shape index (κ3) is 3.78. The molecule has 0 fully saturated rings. The van der Waals surface area contributed by atoms with Gasteiger partial charge in [0.2, 0.25) is 0 Å². The van der Waals surface area contributed by atoms with Crippen molar-refractivity contribution in [1.29, 1.82) is 0 Å². The minimum Gasteiger partial charge on any atom is -0.215 e. The number of benzene rings is 5. The Bertz CT molecular complexity index is 1560. The summed E-state index contributed by atoms with van der Waals surface area (Å²) < 4.78 is 6.18. The molecule has 1 nitrogen and oxygen atoms in total. The number of hydrogen-bond donors (Lipinski definition) is 0. The summed E-state index contributed by atoms with van der Waals surface area (Å²) in [6.07, 6.45) is 1.88. The highest BCUT2D eigenvalue weighted by Gasteiger charge is 2.19. The third-order valence-electron chi connectivity index (χ3n) is 6.31. The first-order valence-corrected chi connectivity index (χ1v) is 11.5. The first-order valence-electron chi connectivity index (χ1n) is 11.5. The van der Waals surface area contributed by atoms with Gasteiger partial charge in [0, 0.05) is 5.56 Å². The molecule has 0 saturated heterocycles. The summed E-state index contributed by atoms with van der Waals surface area (Å²) in [4.78, 5) is 0. The number of rotatable bonds is 4. The van der Waals surface area contributed by atoms with Crippen LogP contribution in [0.3, 0.4) is 0 Å². The van der Waals surface area contributed by atoms with Crippen molar-refractivity contribution in [1.82, 2.24) is 0 Å². The minimum atomic E-state index is 0.850. The van der Waals surface area contributed by atoms with E-state index in [1.165, 1.54) is 27.5 Å². The topological polar surface area (TPSA) is 11.3 Å². The second kappa shape index (κ2) is 8.80. The van der Waals surface area contributed by atoms with Crippen LogP contribution in [0.2, 0.25) is 0 Å². The molecule has 0 bridgehead atoms. The molecule has 0 radical (unpaired) electrons. The van der Waals surface area contributed by atoms with Crippen LogP contribution in [-0.4, -0.2) is 0 Å². The van der Waals surface area contributed by atoms with E-state index in [4.69, 9.17) is 4.42 Å². The van der Waals surface area contributed by atoms with E-state index in [2.05, 4.69) is 121 Å². The monoisotopic (exact) mass is 435 g/mol. The van der Waals surface area contributed by atoms with Crippen LogP contribution in [0.5, 0.6) is 0 Å². The predicted molar refractivity (Wildman–Crippen MR) is 142 cm³/mol. The van der Waals surface area contributed by atoms with Gasteiger partial charge < -0.3 is 0 Å². The van der Waals surface area contributed by atoms with Crippen molar-refractivity contribution < 1.29 is 4.42 Å². The Kier molecular flexibility index (Phi) is 5.21. The Morgan fingerprint density at radius 3 is 1.68 bits per heavy atom. The molecule has 6 aromatic rings. The van der Waals surface area contributed by atoms with Gasteiger partial charge in [0.25, 0.3) is 0 Å². The van der Waals surface area contributed by atoms with Crippen molar-refractivity contribution >= 4 is 10.8 Å². The lowest BCUT2D eigenvalue weighted by atomic mass is 9.94. The van der Waals surface area contributed by atoms with Crippen molar-refractivity contribution in [3.05, 3.63) is 140 Å². The lowest BCUT2D eigenvalue weighted by Gasteiger charge is -2.08. The van der Waals surface area contributed by atoms with E-state index in [9.17, 15) is 0 Å². The van der Waals surface area contributed by atoms with Gasteiger partial charge >= 0.3 is 12.0 Å². The maximum atomic E-state index is 6.18. The van der Waals surface area contributed by atoms with Gasteiger partial charge in [-0.05, 0) is 45.2 Å². The molecular weight excluding hydrogens is 412 g/mol. The molecule has 34 heavy (non-hydrogen) atoms. The van der Waals surface area contributed by atoms with E-state index in [-0.39, 0.29) is 0 Å². The Hall–Kier alpha value is -4.49. The lowest BCUT2D eigenvalue weighted by molar-refractivity contribution is 0.568. The summed E-state index contributed by atoms with van der Waals surface area (Å²) in [6, 6.07) is 46.7. The quantitative estimate of drug-likeness (QED) is 0.251. The maximum absolute atomic E-state index is 6.18. The van der Waals surface area contributed by atoms with E-state index in [0.717, 1.165) is 28.0 Å².